The Morgan fingerprint density at radius 2 is 2.17 bits per heavy atom. The van der Waals surface area contributed by atoms with Crippen LogP contribution in [0, 0.1) is 40.9 Å². The van der Waals surface area contributed by atoms with Crippen molar-refractivity contribution < 1.29 is 0 Å². The molecule has 18 heavy (non-hydrogen) atoms. The van der Waals surface area contributed by atoms with E-state index in [9.17, 15) is 10.5 Å². The predicted octanol–water partition coefficient (Wildman–Crippen LogP) is 2.70. The molecule has 4 nitrogen and oxygen atoms in total. The zero-order valence-corrected chi connectivity index (χ0v) is 11.2. The third kappa shape index (κ3) is 1.90. The molecule has 0 aromatic carbocycles. The monoisotopic (exact) mass is 274 g/mol. The molecule has 1 aromatic rings. The summed E-state index contributed by atoms with van der Waals surface area (Å²) in [6.07, 6.45) is 0. The summed E-state index contributed by atoms with van der Waals surface area (Å²) in [4.78, 5) is 1.06. The molecule has 0 bridgehead atoms. The maximum Gasteiger partial charge on any atom is 0.106 e. The lowest BCUT2D eigenvalue weighted by molar-refractivity contribution is 0.728. The maximum atomic E-state index is 9.25. The van der Waals surface area contributed by atoms with Gasteiger partial charge in [-0.1, -0.05) is 11.8 Å². The van der Waals surface area contributed by atoms with E-state index in [0.717, 1.165) is 22.2 Å². The second kappa shape index (κ2) is 4.85. The van der Waals surface area contributed by atoms with Crippen LogP contribution in [-0.4, -0.2) is 5.04 Å². The fourth-order valence-corrected chi connectivity index (χ4v) is 3.60. The summed E-state index contributed by atoms with van der Waals surface area (Å²) in [5, 5.41) is 28.8. The highest BCUT2D eigenvalue weighted by Crippen LogP contribution is 2.44. The number of nitriles is 2. The van der Waals surface area contributed by atoms with Gasteiger partial charge in [0.2, 0.25) is 0 Å². The van der Waals surface area contributed by atoms with Crippen molar-refractivity contribution in [1.29, 1.82) is 15.9 Å². The standard InChI is InChI=1S/C12H10N4S2/c1-6-7(2-3-17-6)10-8(4-13)11(15)18-12(16)9(10)5-14/h2-3,8,10,15H,16H2,1H3/t8-,10+/m1/s1. The van der Waals surface area contributed by atoms with E-state index < -0.39 is 11.8 Å². The lowest BCUT2D eigenvalue weighted by Crippen LogP contribution is -2.26. The molecular formula is C12H10N4S2. The molecule has 0 fully saturated rings. The molecule has 0 saturated heterocycles. The summed E-state index contributed by atoms with van der Waals surface area (Å²) < 4.78 is 0. The molecule has 0 saturated carbocycles. The van der Waals surface area contributed by atoms with Gasteiger partial charge in [-0.2, -0.15) is 10.5 Å². The molecule has 1 aliphatic rings. The van der Waals surface area contributed by atoms with Crippen molar-refractivity contribution in [2.45, 2.75) is 12.8 Å². The Bertz CT molecular complexity index is 615. The van der Waals surface area contributed by atoms with Crippen molar-refractivity contribution in [3.63, 3.8) is 0 Å². The van der Waals surface area contributed by atoms with Crippen LogP contribution >= 0.6 is 23.1 Å². The average molecular weight is 274 g/mol. The van der Waals surface area contributed by atoms with Gasteiger partial charge in [-0.3, -0.25) is 5.41 Å². The number of nitrogens with zero attached hydrogens (tertiary/aromatic N) is 2. The number of thiophene rings is 1. The Hall–Kier alpha value is -1.76. The molecule has 90 valence electrons. The topological polar surface area (TPSA) is 97.4 Å². The fraction of sp³-hybridized carbons (Fsp3) is 0.250. The molecule has 0 spiro atoms. The minimum atomic E-state index is -0.620. The summed E-state index contributed by atoms with van der Waals surface area (Å²) in [5.41, 5.74) is 7.15. The van der Waals surface area contributed by atoms with Crippen molar-refractivity contribution in [3.05, 3.63) is 32.5 Å². The Kier molecular flexibility index (Phi) is 3.42. The summed E-state index contributed by atoms with van der Waals surface area (Å²) in [6.45, 7) is 1.95. The number of allylic oxidation sites excluding steroid dienone is 1. The third-order valence-corrected chi connectivity index (χ3v) is 4.68. The van der Waals surface area contributed by atoms with Crippen LogP contribution < -0.4 is 5.73 Å². The molecule has 2 atom stereocenters. The van der Waals surface area contributed by atoms with E-state index in [1.54, 1.807) is 11.3 Å². The second-order valence-corrected chi connectivity index (χ2v) is 6.08. The van der Waals surface area contributed by atoms with Crippen molar-refractivity contribution in [3.8, 4) is 12.1 Å². The van der Waals surface area contributed by atoms with Crippen LogP contribution in [0.15, 0.2) is 22.0 Å². The number of rotatable bonds is 1. The molecule has 0 aliphatic carbocycles. The van der Waals surface area contributed by atoms with Gasteiger partial charge in [0.05, 0.1) is 27.8 Å². The van der Waals surface area contributed by atoms with Crippen LogP contribution in [0.4, 0.5) is 0 Å². The highest BCUT2D eigenvalue weighted by atomic mass is 32.2. The molecule has 0 radical (unpaired) electrons. The average Bonchev–Trinajstić information content (AvgIpc) is 2.74. The van der Waals surface area contributed by atoms with E-state index in [2.05, 4.69) is 12.1 Å². The Morgan fingerprint density at radius 1 is 1.44 bits per heavy atom. The first-order valence-corrected chi connectivity index (χ1v) is 6.89. The molecule has 1 aromatic heterocycles. The molecular weight excluding hydrogens is 264 g/mol. The molecule has 2 rings (SSSR count). The van der Waals surface area contributed by atoms with Crippen LogP contribution in [0.5, 0.6) is 0 Å². The van der Waals surface area contributed by atoms with Gasteiger partial charge in [-0.15, -0.1) is 11.3 Å². The van der Waals surface area contributed by atoms with Gasteiger partial charge in [0, 0.05) is 10.8 Å². The lowest BCUT2D eigenvalue weighted by Gasteiger charge is -2.27. The van der Waals surface area contributed by atoms with Crippen molar-refractivity contribution >= 4 is 28.1 Å². The SMILES string of the molecule is Cc1sccc1[C@@H]1C(C#N)=C(N)SC(=N)[C@@H]1C#N. The molecule has 1 aliphatic heterocycles. The number of hydrogen-bond donors (Lipinski definition) is 2. The smallest absolute Gasteiger partial charge is 0.106 e. The number of thioether (sulfide) groups is 1. The zero-order valence-electron chi connectivity index (χ0n) is 9.60. The van der Waals surface area contributed by atoms with E-state index in [-0.39, 0.29) is 5.04 Å². The van der Waals surface area contributed by atoms with Crippen molar-refractivity contribution in [1.82, 2.24) is 0 Å². The summed E-state index contributed by atoms with van der Waals surface area (Å²) in [6, 6.07) is 6.12. The van der Waals surface area contributed by atoms with E-state index in [0.29, 0.717) is 10.6 Å². The van der Waals surface area contributed by atoms with Crippen LogP contribution in [0.3, 0.4) is 0 Å². The minimum absolute atomic E-state index is 0.213. The van der Waals surface area contributed by atoms with Crippen molar-refractivity contribution in [2.75, 3.05) is 0 Å². The van der Waals surface area contributed by atoms with Gasteiger partial charge < -0.3 is 5.73 Å². The van der Waals surface area contributed by atoms with Gasteiger partial charge in [-0.05, 0) is 23.9 Å². The zero-order chi connectivity index (χ0) is 13.3. The van der Waals surface area contributed by atoms with Crippen LogP contribution in [-0.2, 0) is 0 Å². The number of nitrogens with two attached hydrogens (primary N) is 1. The van der Waals surface area contributed by atoms with E-state index >= 15 is 0 Å². The molecule has 6 heteroatoms. The Labute approximate surface area is 113 Å². The first kappa shape index (κ1) is 12.7. The van der Waals surface area contributed by atoms with Crippen LogP contribution in [0.2, 0.25) is 0 Å². The van der Waals surface area contributed by atoms with E-state index in [1.165, 1.54) is 0 Å². The minimum Gasteiger partial charge on any atom is -0.392 e. The quantitative estimate of drug-likeness (QED) is 0.822. The molecule has 2 heterocycles. The highest BCUT2D eigenvalue weighted by Gasteiger charge is 2.37. The van der Waals surface area contributed by atoms with Gasteiger partial charge in [0.25, 0.3) is 0 Å². The Balaban J connectivity index is 2.63. The lowest BCUT2D eigenvalue weighted by atomic mass is 9.82. The number of nitrogens with one attached hydrogen (secondary N) is 1. The number of hydrogen-bond acceptors (Lipinski definition) is 6. The normalized spacial score (nSPS) is 23.6. The van der Waals surface area contributed by atoms with E-state index in [4.69, 9.17) is 11.1 Å². The fourth-order valence-electron chi connectivity index (χ4n) is 2.02. The van der Waals surface area contributed by atoms with Crippen LogP contribution in [0.25, 0.3) is 0 Å². The Morgan fingerprint density at radius 3 is 2.67 bits per heavy atom. The highest BCUT2D eigenvalue weighted by molar-refractivity contribution is 8.17. The van der Waals surface area contributed by atoms with Gasteiger partial charge in [0.15, 0.2) is 0 Å². The maximum absolute atomic E-state index is 9.25. The molecule has 0 amide bonds. The van der Waals surface area contributed by atoms with Gasteiger partial charge in [0.1, 0.15) is 5.92 Å². The number of aryl methyl sites for hydroxylation is 1. The van der Waals surface area contributed by atoms with Gasteiger partial charge >= 0.3 is 0 Å². The molecule has 3 N–H and O–H groups in total. The van der Waals surface area contributed by atoms with Gasteiger partial charge in [-0.25, -0.2) is 0 Å². The molecule has 0 unspecified atom stereocenters. The summed E-state index contributed by atoms with van der Waals surface area (Å²) in [7, 11) is 0. The predicted molar refractivity (Wildman–Crippen MR) is 73.0 cm³/mol. The largest absolute Gasteiger partial charge is 0.392 e. The first-order chi connectivity index (χ1) is 8.60. The summed E-state index contributed by atoms with van der Waals surface area (Å²) in [5.74, 6) is -1.02. The summed E-state index contributed by atoms with van der Waals surface area (Å²) >= 11 is 2.58. The first-order valence-electron chi connectivity index (χ1n) is 5.19. The van der Waals surface area contributed by atoms with Crippen LogP contribution in [0.1, 0.15) is 16.4 Å². The third-order valence-electron chi connectivity index (χ3n) is 2.91. The van der Waals surface area contributed by atoms with E-state index in [1.807, 2.05) is 18.4 Å². The second-order valence-electron chi connectivity index (χ2n) is 3.87. The van der Waals surface area contributed by atoms with Crippen molar-refractivity contribution in [2.24, 2.45) is 11.7 Å².